The quantitative estimate of drug-likeness (QED) is 0.674. The van der Waals surface area contributed by atoms with Gasteiger partial charge in [-0.25, -0.2) is 4.98 Å². The standard InChI is InChI=1S/C18H27N3O2/c1-3-5-6-12-17(22)20-18-19-15-10-7-8-11-16(15)21(18)13-9-14-23-4-2/h7-8,10-11H,3-6,9,12-14H2,1-2H3,(H,19,20,22). The highest BCUT2D eigenvalue weighted by atomic mass is 16.5. The number of carbonyl (C=O) groups excluding carboxylic acids is 1. The zero-order valence-corrected chi connectivity index (χ0v) is 14.2. The molecule has 0 saturated carbocycles. The molecule has 1 amide bonds. The molecule has 0 fully saturated rings. The molecular weight excluding hydrogens is 290 g/mol. The maximum absolute atomic E-state index is 12.1. The zero-order chi connectivity index (χ0) is 16.5. The van der Waals surface area contributed by atoms with E-state index in [-0.39, 0.29) is 5.91 Å². The average molecular weight is 317 g/mol. The van der Waals surface area contributed by atoms with Gasteiger partial charge in [0.15, 0.2) is 0 Å². The van der Waals surface area contributed by atoms with Crippen molar-refractivity contribution in [1.29, 1.82) is 0 Å². The Labute approximate surface area is 138 Å². The lowest BCUT2D eigenvalue weighted by Gasteiger charge is -2.10. The number of aryl methyl sites for hydroxylation is 1. The minimum atomic E-state index is 0.0415. The number of hydrogen-bond acceptors (Lipinski definition) is 3. The van der Waals surface area contributed by atoms with Crippen LogP contribution in [0.15, 0.2) is 24.3 Å². The van der Waals surface area contributed by atoms with Crippen molar-refractivity contribution in [3.63, 3.8) is 0 Å². The number of ether oxygens (including phenoxy) is 1. The van der Waals surface area contributed by atoms with Gasteiger partial charge in [-0.15, -0.1) is 0 Å². The fourth-order valence-electron chi connectivity index (χ4n) is 2.59. The Hall–Kier alpha value is -1.88. The Kier molecular flexibility index (Phi) is 7.07. The molecule has 0 radical (unpaired) electrons. The van der Waals surface area contributed by atoms with Crippen molar-refractivity contribution < 1.29 is 9.53 Å². The predicted octanol–water partition coefficient (Wildman–Crippen LogP) is 3.98. The van der Waals surface area contributed by atoms with Gasteiger partial charge in [-0.1, -0.05) is 31.9 Å². The second kappa shape index (κ2) is 9.30. The van der Waals surface area contributed by atoms with E-state index in [2.05, 4.69) is 21.8 Å². The number of hydrogen-bond donors (Lipinski definition) is 1. The number of amides is 1. The first kappa shape index (κ1) is 17.5. The molecular formula is C18H27N3O2. The van der Waals surface area contributed by atoms with Crippen molar-refractivity contribution in [3.05, 3.63) is 24.3 Å². The van der Waals surface area contributed by atoms with E-state index >= 15 is 0 Å². The van der Waals surface area contributed by atoms with Crippen LogP contribution in [0.4, 0.5) is 5.95 Å². The van der Waals surface area contributed by atoms with Gasteiger partial charge in [-0.2, -0.15) is 0 Å². The van der Waals surface area contributed by atoms with Gasteiger partial charge in [0, 0.05) is 26.2 Å². The van der Waals surface area contributed by atoms with E-state index in [1.54, 1.807) is 0 Å². The number of imidazole rings is 1. The van der Waals surface area contributed by atoms with Crippen molar-refractivity contribution in [3.8, 4) is 0 Å². The number of aromatic nitrogens is 2. The molecule has 5 heteroatoms. The molecule has 0 aliphatic rings. The van der Waals surface area contributed by atoms with E-state index in [1.165, 1.54) is 0 Å². The van der Waals surface area contributed by atoms with E-state index < -0.39 is 0 Å². The van der Waals surface area contributed by atoms with Gasteiger partial charge in [0.05, 0.1) is 11.0 Å². The molecule has 0 aliphatic carbocycles. The topological polar surface area (TPSA) is 56.2 Å². The highest BCUT2D eigenvalue weighted by Gasteiger charge is 2.12. The van der Waals surface area contributed by atoms with Crippen LogP contribution in [0.2, 0.25) is 0 Å². The summed E-state index contributed by atoms with van der Waals surface area (Å²) in [5, 5.41) is 2.97. The molecule has 0 aliphatic heterocycles. The summed E-state index contributed by atoms with van der Waals surface area (Å²) in [4.78, 5) is 16.7. The van der Waals surface area contributed by atoms with E-state index in [0.29, 0.717) is 19.0 Å². The normalized spacial score (nSPS) is 11.0. The minimum absolute atomic E-state index is 0.0415. The van der Waals surface area contributed by atoms with E-state index in [9.17, 15) is 4.79 Å². The Balaban J connectivity index is 2.08. The lowest BCUT2D eigenvalue weighted by atomic mass is 10.2. The van der Waals surface area contributed by atoms with Gasteiger partial charge in [0.2, 0.25) is 11.9 Å². The molecule has 0 bridgehead atoms. The molecule has 1 heterocycles. The molecule has 1 aromatic heterocycles. The molecule has 1 N–H and O–H groups in total. The molecule has 126 valence electrons. The number of carbonyl (C=O) groups is 1. The summed E-state index contributed by atoms with van der Waals surface area (Å²) in [6, 6.07) is 7.97. The highest BCUT2D eigenvalue weighted by Crippen LogP contribution is 2.20. The largest absolute Gasteiger partial charge is 0.382 e. The monoisotopic (exact) mass is 317 g/mol. The number of fused-ring (bicyclic) bond motifs is 1. The lowest BCUT2D eigenvalue weighted by Crippen LogP contribution is -2.16. The number of nitrogens with one attached hydrogen (secondary N) is 1. The summed E-state index contributed by atoms with van der Waals surface area (Å²) >= 11 is 0. The van der Waals surface area contributed by atoms with Gasteiger partial charge in [-0.3, -0.25) is 10.1 Å². The average Bonchev–Trinajstić information content (AvgIpc) is 2.89. The van der Waals surface area contributed by atoms with E-state index in [1.807, 2.05) is 31.2 Å². The molecule has 0 spiro atoms. The third-order valence-electron chi connectivity index (χ3n) is 3.79. The fraction of sp³-hybridized carbons (Fsp3) is 0.556. The molecule has 0 atom stereocenters. The van der Waals surface area contributed by atoms with Crippen LogP contribution >= 0.6 is 0 Å². The molecule has 5 nitrogen and oxygen atoms in total. The first-order valence-corrected chi connectivity index (χ1v) is 8.59. The third kappa shape index (κ3) is 5.06. The summed E-state index contributed by atoms with van der Waals surface area (Å²) in [7, 11) is 0. The molecule has 2 aromatic rings. The maximum atomic E-state index is 12.1. The smallest absolute Gasteiger partial charge is 0.226 e. The summed E-state index contributed by atoms with van der Waals surface area (Å²) < 4.78 is 7.48. The first-order valence-electron chi connectivity index (χ1n) is 8.59. The number of benzene rings is 1. The second-order valence-electron chi connectivity index (χ2n) is 5.63. The number of anilines is 1. The molecule has 23 heavy (non-hydrogen) atoms. The maximum Gasteiger partial charge on any atom is 0.226 e. The van der Waals surface area contributed by atoms with Crippen LogP contribution < -0.4 is 5.32 Å². The Morgan fingerprint density at radius 2 is 2.04 bits per heavy atom. The van der Waals surface area contributed by atoms with Gasteiger partial charge in [0.25, 0.3) is 0 Å². The van der Waals surface area contributed by atoms with Gasteiger partial charge >= 0.3 is 0 Å². The van der Waals surface area contributed by atoms with Crippen molar-refractivity contribution in [2.75, 3.05) is 18.5 Å². The number of nitrogens with zero attached hydrogens (tertiary/aromatic N) is 2. The van der Waals surface area contributed by atoms with Gasteiger partial charge < -0.3 is 9.30 Å². The van der Waals surface area contributed by atoms with Crippen LogP contribution in [0.25, 0.3) is 11.0 Å². The molecule has 0 saturated heterocycles. The van der Waals surface area contributed by atoms with Crippen molar-refractivity contribution in [1.82, 2.24) is 9.55 Å². The Bertz CT molecular complexity index is 622. The van der Waals surface area contributed by atoms with Crippen LogP contribution in [0.5, 0.6) is 0 Å². The Morgan fingerprint density at radius 3 is 2.83 bits per heavy atom. The fourth-order valence-corrected chi connectivity index (χ4v) is 2.59. The number of rotatable bonds is 10. The summed E-state index contributed by atoms with van der Waals surface area (Å²) in [5.74, 6) is 0.684. The molecule has 2 rings (SSSR count). The van der Waals surface area contributed by atoms with Crippen LogP contribution in [0.3, 0.4) is 0 Å². The second-order valence-corrected chi connectivity index (χ2v) is 5.63. The first-order chi connectivity index (χ1) is 11.3. The summed E-state index contributed by atoms with van der Waals surface area (Å²) in [6.07, 6.45) is 4.57. The van der Waals surface area contributed by atoms with Gasteiger partial charge in [-0.05, 0) is 31.9 Å². The van der Waals surface area contributed by atoms with Crippen LogP contribution in [-0.2, 0) is 16.1 Å². The van der Waals surface area contributed by atoms with E-state index in [4.69, 9.17) is 4.74 Å². The highest BCUT2D eigenvalue weighted by molar-refractivity contribution is 5.91. The van der Waals surface area contributed by atoms with Crippen molar-refractivity contribution >= 4 is 22.9 Å². The molecule has 1 aromatic carbocycles. The SMILES string of the molecule is CCCCCC(=O)Nc1nc2ccccc2n1CCCOCC. The summed E-state index contributed by atoms with van der Waals surface area (Å²) in [5.41, 5.74) is 1.96. The van der Waals surface area contributed by atoms with Crippen molar-refractivity contribution in [2.45, 2.75) is 52.5 Å². The van der Waals surface area contributed by atoms with Crippen molar-refractivity contribution in [2.24, 2.45) is 0 Å². The van der Waals surface area contributed by atoms with Crippen LogP contribution in [0, 0.1) is 0 Å². The van der Waals surface area contributed by atoms with Crippen LogP contribution in [-0.4, -0.2) is 28.7 Å². The minimum Gasteiger partial charge on any atom is -0.382 e. The predicted molar refractivity (Wildman–Crippen MR) is 93.6 cm³/mol. The molecule has 0 unspecified atom stereocenters. The van der Waals surface area contributed by atoms with E-state index in [0.717, 1.165) is 49.9 Å². The zero-order valence-electron chi connectivity index (χ0n) is 14.2. The Morgan fingerprint density at radius 1 is 1.22 bits per heavy atom. The number of unbranched alkanes of at least 4 members (excludes halogenated alkanes) is 2. The van der Waals surface area contributed by atoms with Gasteiger partial charge in [0.1, 0.15) is 0 Å². The lowest BCUT2D eigenvalue weighted by molar-refractivity contribution is -0.116. The number of para-hydroxylation sites is 2. The van der Waals surface area contributed by atoms with Crippen LogP contribution in [0.1, 0.15) is 46.0 Å². The summed E-state index contributed by atoms with van der Waals surface area (Å²) in [6.45, 7) is 6.36. The third-order valence-corrected chi connectivity index (χ3v) is 3.79.